The fraction of sp³-hybridized carbons (Fsp3) is 0.176. The van der Waals surface area contributed by atoms with E-state index in [-0.39, 0.29) is 5.25 Å². The standard InChI is InChI=1S/C17H15N5O2S2/c1-11(15-19-14(22-24-15)12-6-3-2-4-7-12)25-17-21-20-16(26-17)18-10-13-8-5-9-23-13/h2-9,11H,10H2,1H3,(H,18,20). The zero-order chi connectivity index (χ0) is 17.8. The molecule has 1 N–H and O–H groups in total. The third-order valence-corrected chi connectivity index (χ3v) is 5.55. The van der Waals surface area contributed by atoms with Crippen molar-refractivity contribution >= 4 is 28.2 Å². The Balaban J connectivity index is 1.37. The van der Waals surface area contributed by atoms with Crippen LogP contribution in [0.4, 0.5) is 5.13 Å². The van der Waals surface area contributed by atoms with E-state index in [1.165, 1.54) is 23.1 Å². The number of aromatic nitrogens is 4. The Kier molecular flexibility index (Phi) is 4.98. The zero-order valence-corrected chi connectivity index (χ0v) is 15.5. The van der Waals surface area contributed by atoms with Crippen LogP contribution in [0.15, 0.2) is 62.0 Å². The lowest BCUT2D eigenvalue weighted by Gasteiger charge is -2.01. The number of thioether (sulfide) groups is 1. The first-order valence-corrected chi connectivity index (χ1v) is 9.63. The van der Waals surface area contributed by atoms with Gasteiger partial charge in [-0.25, -0.2) is 0 Å². The first kappa shape index (κ1) is 16.8. The van der Waals surface area contributed by atoms with E-state index < -0.39 is 0 Å². The summed E-state index contributed by atoms with van der Waals surface area (Å²) in [5.74, 6) is 2.00. The van der Waals surface area contributed by atoms with Crippen LogP contribution in [0.3, 0.4) is 0 Å². The van der Waals surface area contributed by atoms with Crippen LogP contribution in [0, 0.1) is 0 Å². The Labute approximate surface area is 157 Å². The van der Waals surface area contributed by atoms with Crippen LogP contribution in [0.2, 0.25) is 0 Å². The number of benzene rings is 1. The number of hydrogen-bond acceptors (Lipinski definition) is 9. The maximum atomic E-state index is 5.40. The molecule has 132 valence electrons. The second kappa shape index (κ2) is 7.71. The number of furan rings is 1. The molecule has 1 unspecified atom stereocenters. The minimum Gasteiger partial charge on any atom is -0.467 e. The second-order valence-corrected chi connectivity index (χ2v) is 7.95. The van der Waals surface area contributed by atoms with Crippen molar-refractivity contribution in [3.63, 3.8) is 0 Å². The van der Waals surface area contributed by atoms with Gasteiger partial charge in [0.1, 0.15) is 5.76 Å². The molecule has 0 amide bonds. The molecule has 4 rings (SSSR count). The summed E-state index contributed by atoms with van der Waals surface area (Å²) in [6.07, 6.45) is 1.65. The number of hydrogen-bond donors (Lipinski definition) is 1. The summed E-state index contributed by atoms with van der Waals surface area (Å²) in [7, 11) is 0. The van der Waals surface area contributed by atoms with Crippen molar-refractivity contribution in [2.45, 2.75) is 23.1 Å². The third kappa shape index (κ3) is 3.94. The first-order valence-electron chi connectivity index (χ1n) is 7.93. The van der Waals surface area contributed by atoms with Crippen LogP contribution < -0.4 is 5.32 Å². The van der Waals surface area contributed by atoms with Crippen LogP contribution in [0.1, 0.15) is 23.8 Å². The predicted octanol–water partition coefficient (Wildman–Crippen LogP) is 4.65. The Morgan fingerprint density at radius 1 is 1.15 bits per heavy atom. The van der Waals surface area contributed by atoms with Gasteiger partial charge in [0.2, 0.25) is 16.8 Å². The average Bonchev–Trinajstić information content (AvgIpc) is 3.42. The Morgan fingerprint density at radius 3 is 2.85 bits per heavy atom. The van der Waals surface area contributed by atoms with Gasteiger partial charge < -0.3 is 14.3 Å². The van der Waals surface area contributed by atoms with Gasteiger partial charge in [-0.3, -0.25) is 0 Å². The fourth-order valence-corrected chi connectivity index (χ4v) is 4.13. The van der Waals surface area contributed by atoms with Crippen molar-refractivity contribution < 1.29 is 8.94 Å². The van der Waals surface area contributed by atoms with E-state index in [0.717, 1.165) is 20.8 Å². The summed E-state index contributed by atoms with van der Waals surface area (Å²) < 4.78 is 11.5. The van der Waals surface area contributed by atoms with Crippen molar-refractivity contribution in [3.05, 3.63) is 60.4 Å². The van der Waals surface area contributed by atoms with Gasteiger partial charge in [0.05, 0.1) is 18.1 Å². The lowest BCUT2D eigenvalue weighted by atomic mass is 10.2. The van der Waals surface area contributed by atoms with Gasteiger partial charge in [-0.2, -0.15) is 4.98 Å². The molecule has 0 aliphatic rings. The molecule has 1 aromatic carbocycles. The molecule has 0 bridgehead atoms. The smallest absolute Gasteiger partial charge is 0.240 e. The Morgan fingerprint density at radius 2 is 2.04 bits per heavy atom. The van der Waals surface area contributed by atoms with E-state index in [2.05, 4.69) is 25.7 Å². The molecule has 9 heteroatoms. The SMILES string of the molecule is CC(Sc1nnc(NCc2ccco2)s1)c1nc(-c2ccccc2)no1. The normalized spacial score (nSPS) is 12.2. The molecular formula is C17H15N5O2S2. The molecule has 0 aliphatic carbocycles. The number of nitrogens with one attached hydrogen (secondary N) is 1. The number of rotatable bonds is 7. The van der Waals surface area contributed by atoms with Crippen LogP contribution in [-0.2, 0) is 6.54 Å². The highest BCUT2D eigenvalue weighted by atomic mass is 32.2. The molecule has 3 aromatic heterocycles. The van der Waals surface area contributed by atoms with Gasteiger partial charge in [-0.1, -0.05) is 58.6 Å². The summed E-state index contributed by atoms with van der Waals surface area (Å²) in [5, 5.41) is 16.3. The van der Waals surface area contributed by atoms with Crippen LogP contribution in [-0.4, -0.2) is 20.3 Å². The highest BCUT2D eigenvalue weighted by molar-refractivity contribution is 8.01. The molecular weight excluding hydrogens is 370 g/mol. The quantitative estimate of drug-likeness (QED) is 0.460. The monoisotopic (exact) mass is 385 g/mol. The summed E-state index contributed by atoms with van der Waals surface area (Å²) in [6, 6.07) is 13.5. The van der Waals surface area contributed by atoms with Crippen molar-refractivity contribution in [1.82, 2.24) is 20.3 Å². The minimum absolute atomic E-state index is 0.0224. The van der Waals surface area contributed by atoms with Gasteiger partial charge in [0.25, 0.3) is 0 Å². The molecule has 0 aliphatic heterocycles. The van der Waals surface area contributed by atoms with Gasteiger partial charge in [-0.05, 0) is 19.1 Å². The summed E-state index contributed by atoms with van der Waals surface area (Å²) in [5.41, 5.74) is 0.931. The molecule has 4 aromatic rings. The van der Waals surface area contributed by atoms with Crippen LogP contribution in [0.25, 0.3) is 11.4 Å². The van der Waals surface area contributed by atoms with Crippen LogP contribution >= 0.6 is 23.1 Å². The predicted molar refractivity (Wildman–Crippen MR) is 99.9 cm³/mol. The maximum Gasteiger partial charge on any atom is 0.240 e. The largest absolute Gasteiger partial charge is 0.467 e. The lowest BCUT2D eigenvalue weighted by molar-refractivity contribution is 0.381. The molecule has 7 nitrogen and oxygen atoms in total. The highest BCUT2D eigenvalue weighted by Gasteiger charge is 2.18. The summed E-state index contributed by atoms with van der Waals surface area (Å²) in [4.78, 5) is 4.48. The first-order chi connectivity index (χ1) is 12.8. The van der Waals surface area contributed by atoms with E-state index in [1.54, 1.807) is 6.26 Å². The second-order valence-electron chi connectivity index (χ2n) is 5.39. The van der Waals surface area contributed by atoms with Crippen molar-refractivity contribution in [1.29, 1.82) is 0 Å². The minimum atomic E-state index is -0.0224. The van der Waals surface area contributed by atoms with E-state index in [4.69, 9.17) is 8.94 Å². The van der Waals surface area contributed by atoms with Crippen molar-refractivity contribution in [3.8, 4) is 11.4 Å². The topological polar surface area (TPSA) is 89.9 Å². The molecule has 0 radical (unpaired) electrons. The van der Waals surface area contributed by atoms with Gasteiger partial charge in [0.15, 0.2) is 4.34 Å². The molecule has 0 spiro atoms. The molecule has 26 heavy (non-hydrogen) atoms. The molecule has 0 saturated carbocycles. The van der Waals surface area contributed by atoms with Gasteiger partial charge >= 0.3 is 0 Å². The zero-order valence-electron chi connectivity index (χ0n) is 13.8. The average molecular weight is 385 g/mol. The molecule has 1 atom stereocenters. The summed E-state index contributed by atoms with van der Waals surface area (Å²) >= 11 is 3.01. The van der Waals surface area contributed by atoms with E-state index in [0.29, 0.717) is 18.3 Å². The van der Waals surface area contributed by atoms with E-state index in [1.807, 2.05) is 49.4 Å². The molecule has 0 saturated heterocycles. The summed E-state index contributed by atoms with van der Waals surface area (Å²) in [6.45, 7) is 2.58. The maximum absolute atomic E-state index is 5.40. The van der Waals surface area contributed by atoms with E-state index in [9.17, 15) is 0 Å². The highest BCUT2D eigenvalue weighted by Crippen LogP contribution is 2.37. The van der Waals surface area contributed by atoms with Gasteiger partial charge in [-0.15, -0.1) is 10.2 Å². The van der Waals surface area contributed by atoms with Crippen molar-refractivity contribution in [2.75, 3.05) is 5.32 Å². The third-order valence-electron chi connectivity index (χ3n) is 3.50. The van der Waals surface area contributed by atoms with Gasteiger partial charge in [0, 0.05) is 5.56 Å². The molecule has 0 fully saturated rings. The fourth-order valence-electron chi connectivity index (χ4n) is 2.21. The lowest BCUT2D eigenvalue weighted by Crippen LogP contribution is -1.96. The van der Waals surface area contributed by atoms with E-state index >= 15 is 0 Å². The van der Waals surface area contributed by atoms with Crippen molar-refractivity contribution in [2.24, 2.45) is 0 Å². The number of nitrogens with zero attached hydrogens (tertiary/aromatic N) is 4. The van der Waals surface area contributed by atoms with Crippen LogP contribution in [0.5, 0.6) is 0 Å². The molecule has 3 heterocycles. The number of anilines is 1. The Bertz CT molecular complexity index is 953. The Hall–Kier alpha value is -2.65.